The molecule has 1 N–H and O–H groups in total. The van der Waals surface area contributed by atoms with Crippen molar-refractivity contribution in [3.8, 4) is 0 Å². The van der Waals surface area contributed by atoms with E-state index in [1.807, 2.05) is 13.8 Å². The summed E-state index contributed by atoms with van der Waals surface area (Å²) in [5, 5.41) is 10.1. The van der Waals surface area contributed by atoms with Crippen molar-refractivity contribution in [1.82, 2.24) is 4.98 Å². The Bertz CT molecular complexity index is 396. The Labute approximate surface area is 113 Å². The second kappa shape index (κ2) is 6.73. The molecule has 0 saturated carbocycles. The predicted molar refractivity (Wildman–Crippen MR) is 76.0 cm³/mol. The smallest absolute Gasteiger partial charge is 0.347 e. The number of hydrogen-bond donors (Lipinski definition) is 1. The average molecular weight is 270 g/mol. The van der Waals surface area contributed by atoms with Crippen LogP contribution in [0.4, 0.5) is 5.13 Å². The van der Waals surface area contributed by atoms with Gasteiger partial charge < -0.3 is 10.0 Å². The monoisotopic (exact) mass is 270 g/mol. The van der Waals surface area contributed by atoms with E-state index in [0.29, 0.717) is 10.6 Å². The SMILES string of the molecule is CCCN(CCC)c1nc(C(C)C)c(C(=O)O)s1. The lowest BCUT2D eigenvalue weighted by atomic mass is 10.1. The lowest BCUT2D eigenvalue weighted by molar-refractivity contribution is 0.0700. The second-order valence-electron chi connectivity index (χ2n) is 4.66. The molecule has 1 rings (SSSR count). The fraction of sp³-hybridized carbons (Fsp3) is 0.692. The van der Waals surface area contributed by atoms with Crippen molar-refractivity contribution >= 4 is 22.4 Å². The molecule has 1 heterocycles. The van der Waals surface area contributed by atoms with Crippen molar-refractivity contribution < 1.29 is 9.90 Å². The molecule has 102 valence electrons. The highest BCUT2D eigenvalue weighted by molar-refractivity contribution is 7.17. The fourth-order valence-corrected chi connectivity index (χ4v) is 2.95. The van der Waals surface area contributed by atoms with Gasteiger partial charge in [-0.25, -0.2) is 9.78 Å². The predicted octanol–water partition coefficient (Wildman–Crippen LogP) is 3.59. The van der Waals surface area contributed by atoms with Gasteiger partial charge in [0.05, 0.1) is 5.69 Å². The highest BCUT2D eigenvalue weighted by atomic mass is 32.1. The molecular weight excluding hydrogens is 248 g/mol. The Morgan fingerprint density at radius 3 is 2.22 bits per heavy atom. The van der Waals surface area contributed by atoms with Gasteiger partial charge >= 0.3 is 5.97 Å². The van der Waals surface area contributed by atoms with Gasteiger partial charge in [0.25, 0.3) is 0 Å². The number of anilines is 1. The first kappa shape index (κ1) is 15.0. The van der Waals surface area contributed by atoms with E-state index in [9.17, 15) is 9.90 Å². The number of rotatable bonds is 7. The third-order valence-corrected chi connectivity index (χ3v) is 3.76. The third kappa shape index (κ3) is 3.45. The van der Waals surface area contributed by atoms with Crippen molar-refractivity contribution in [2.75, 3.05) is 18.0 Å². The lowest BCUT2D eigenvalue weighted by Gasteiger charge is -2.20. The zero-order chi connectivity index (χ0) is 13.7. The van der Waals surface area contributed by atoms with Gasteiger partial charge in [-0.3, -0.25) is 0 Å². The van der Waals surface area contributed by atoms with E-state index in [1.165, 1.54) is 11.3 Å². The molecule has 1 aromatic heterocycles. The Hall–Kier alpha value is -1.10. The number of nitrogens with zero attached hydrogens (tertiary/aromatic N) is 2. The largest absolute Gasteiger partial charge is 0.477 e. The van der Waals surface area contributed by atoms with Crippen molar-refractivity contribution in [3.63, 3.8) is 0 Å². The second-order valence-corrected chi connectivity index (χ2v) is 5.64. The number of carboxylic acids is 1. The maximum absolute atomic E-state index is 11.2. The van der Waals surface area contributed by atoms with Gasteiger partial charge in [0.15, 0.2) is 5.13 Å². The Kier molecular flexibility index (Phi) is 5.59. The number of aromatic nitrogens is 1. The summed E-state index contributed by atoms with van der Waals surface area (Å²) in [6.07, 6.45) is 2.08. The Morgan fingerprint density at radius 1 is 1.33 bits per heavy atom. The van der Waals surface area contributed by atoms with Gasteiger partial charge in [0.2, 0.25) is 0 Å². The standard InChI is InChI=1S/C13H22N2O2S/c1-5-7-15(8-6-2)13-14-10(9(3)4)11(18-13)12(16)17/h9H,5-8H2,1-4H3,(H,16,17). The van der Waals surface area contributed by atoms with Crippen LogP contribution in [0.3, 0.4) is 0 Å². The molecule has 0 spiro atoms. The van der Waals surface area contributed by atoms with Crippen LogP contribution in [0.1, 0.15) is 61.8 Å². The van der Waals surface area contributed by atoms with E-state index in [-0.39, 0.29) is 5.92 Å². The minimum absolute atomic E-state index is 0.145. The number of hydrogen-bond acceptors (Lipinski definition) is 4. The van der Waals surface area contributed by atoms with Gasteiger partial charge in [0.1, 0.15) is 4.88 Å². The third-order valence-electron chi connectivity index (χ3n) is 2.64. The maximum Gasteiger partial charge on any atom is 0.347 e. The zero-order valence-corrected chi connectivity index (χ0v) is 12.4. The van der Waals surface area contributed by atoms with Crippen LogP contribution in [-0.4, -0.2) is 29.1 Å². The number of carboxylic acid groups (broad SMARTS) is 1. The van der Waals surface area contributed by atoms with E-state index in [0.717, 1.165) is 31.1 Å². The maximum atomic E-state index is 11.2. The molecule has 1 aromatic rings. The van der Waals surface area contributed by atoms with Crippen LogP contribution in [0.15, 0.2) is 0 Å². The molecule has 0 atom stereocenters. The molecule has 4 nitrogen and oxygen atoms in total. The molecule has 0 fully saturated rings. The summed E-state index contributed by atoms with van der Waals surface area (Å²) < 4.78 is 0. The molecule has 0 radical (unpaired) electrons. The number of carbonyl (C=O) groups is 1. The molecule has 0 unspecified atom stereocenters. The molecule has 18 heavy (non-hydrogen) atoms. The minimum atomic E-state index is -0.865. The van der Waals surface area contributed by atoms with Crippen LogP contribution in [-0.2, 0) is 0 Å². The van der Waals surface area contributed by atoms with Gasteiger partial charge in [-0.05, 0) is 18.8 Å². The molecule has 0 aromatic carbocycles. The Morgan fingerprint density at radius 2 is 1.89 bits per heavy atom. The van der Waals surface area contributed by atoms with E-state index < -0.39 is 5.97 Å². The molecule has 0 aliphatic rings. The number of aromatic carboxylic acids is 1. The lowest BCUT2D eigenvalue weighted by Crippen LogP contribution is -2.24. The van der Waals surface area contributed by atoms with Crippen LogP contribution in [0, 0.1) is 0 Å². The van der Waals surface area contributed by atoms with Crippen LogP contribution >= 0.6 is 11.3 Å². The van der Waals surface area contributed by atoms with Gasteiger partial charge in [-0.2, -0.15) is 0 Å². The van der Waals surface area contributed by atoms with Crippen molar-refractivity contribution in [3.05, 3.63) is 10.6 Å². The van der Waals surface area contributed by atoms with Crippen molar-refractivity contribution in [2.24, 2.45) is 0 Å². The first-order valence-electron chi connectivity index (χ1n) is 6.50. The fourth-order valence-electron chi connectivity index (χ4n) is 1.84. The van der Waals surface area contributed by atoms with Crippen LogP contribution in [0.2, 0.25) is 0 Å². The quantitative estimate of drug-likeness (QED) is 0.822. The zero-order valence-electron chi connectivity index (χ0n) is 11.6. The minimum Gasteiger partial charge on any atom is -0.477 e. The van der Waals surface area contributed by atoms with E-state index in [1.54, 1.807) is 0 Å². The first-order valence-corrected chi connectivity index (χ1v) is 7.31. The topological polar surface area (TPSA) is 53.4 Å². The average Bonchev–Trinajstić information content (AvgIpc) is 2.73. The summed E-state index contributed by atoms with van der Waals surface area (Å²) in [6, 6.07) is 0. The first-order chi connectivity index (χ1) is 8.51. The van der Waals surface area contributed by atoms with Crippen molar-refractivity contribution in [1.29, 1.82) is 0 Å². The van der Waals surface area contributed by atoms with Crippen LogP contribution < -0.4 is 4.90 Å². The molecule has 0 aliphatic carbocycles. The Balaban J connectivity index is 3.08. The number of thiazole rings is 1. The summed E-state index contributed by atoms with van der Waals surface area (Å²) in [6.45, 7) is 10.1. The summed E-state index contributed by atoms with van der Waals surface area (Å²) in [5.74, 6) is -0.721. The van der Waals surface area contributed by atoms with E-state index in [2.05, 4.69) is 23.7 Å². The van der Waals surface area contributed by atoms with Crippen LogP contribution in [0.25, 0.3) is 0 Å². The van der Waals surface area contributed by atoms with Gasteiger partial charge in [0, 0.05) is 13.1 Å². The summed E-state index contributed by atoms with van der Waals surface area (Å²) >= 11 is 1.30. The summed E-state index contributed by atoms with van der Waals surface area (Å²) in [7, 11) is 0. The summed E-state index contributed by atoms with van der Waals surface area (Å²) in [4.78, 5) is 18.3. The highest BCUT2D eigenvalue weighted by Gasteiger charge is 2.21. The molecule has 0 aliphatic heterocycles. The molecule has 0 amide bonds. The molecule has 5 heteroatoms. The van der Waals surface area contributed by atoms with Crippen LogP contribution in [0.5, 0.6) is 0 Å². The molecule has 0 saturated heterocycles. The van der Waals surface area contributed by atoms with Gasteiger partial charge in [-0.1, -0.05) is 39.0 Å². The molecular formula is C13H22N2O2S. The normalized spacial score (nSPS) is 10.9. The van der Waals surface area contributed by atoms with E-state index >= 15 is 0 Å². The van der Waals surface area contributed by atoms with E-state index in [4.69, 9.17) is 0 Å². The van der Waals surface area contributed by atoms with Gasteiger partial charge in [-0.15, -0.1) is 0 Å². The highest BCUT2D eigenvalue weighted by Crippen LogP contribution is 2.31. The summed E-state index contributed by atoms with van der Waals surface area (Å²) in [5.41, 5.74) is 0.708. The van der Waals surface area contributed by atoms with Crippen molar-refractivity contribution in [2.45, 2.75) is 46.5 Å². The molecule has 0 bridgehead atoms.